The highest BCUT2D eigenvalue weighted by molar-refractivity contribution is 6.04. The molecule has 0 bridgehead atoms. The largest absolute Gasteiger partial charge is 0.319 e. The first kappa shape index (κ1) is 16.9. The van der Waals surface area contributed by atoms with Crippen LogP contribution in [0.3, 0.4) is 0 Å². The summed E-state index contributed by atoms with van der Waals surface area (Å²) in [4.78, 5) is 12.4. The second-order valence-electron chi connectivity index (χ2n) is 6.15. The average Bonchev–Trinajstić information content (AvgIpc) is 2.84. The molecule has 0 fully saturated rings. The van der Waals surface area contributed by atoms with Gasteiger partial charge in [-0.15, -0.1) is 0 Å². The Morgan fingerprint density at radius 3 is 2.52 bits per heavy atom. The molecule has 0 spiro atoms. The number of amides is 1. The van der Waals surface area contributed by atoms with Gasteiger partial charge >= 0.3 is 0 Å². The van der Waals surface area contributed by atoms with Crippen molar-refractivity contribution in [1.29, 1.82) is 0 Å². The summed E-state index contributed by atoms with van der Waals surface area (Å²) < 4.78 is 15.2. The number of nitrogens with one attached hydrogen (secondary N) is 1. The van der Waals surface area contributed by atoms with E-state index in [1.807, 2.05) is 25.5 Å². The van der Waals surface area contributed by atoms with Crippen molar-refractivity contribution >= 4 is 11.6 Å². The lowest BCUT2D eigenvalue weighted by Gasteiger charge is -2.08. The molecule has 128 valence electrons. The summed E-state index contributed by atoms with van der Waals surface area (Å²) in [5.74, 6) is -0.781. The molecule has 0 saturated heterocycles. The lowest BCUT2D eigenvalue weighted by Crippen LogP contribution is -2.13. The van der Waals surface area contributed by atoms with Gasteiger partial charge in [0.15, 0.2) is 0 Å². The third kappa shape index (κ3) is 3.76. The number of carbonyl (C=O) groups is 1. The number of carbonyl (C=O) groups excluding carboxylic acids is 1. The molecular weight excluding hydrogens is 317 g/mol. The molecule has 3 rings (SSSR count). The molecule has 0 radical (unpaired) electrons. The van der Waals surface area contributed by atoms with Crippen molar-refractivity contribution in [1.82, 2.24) is 9.78 Å². The molecule has 0 unspecified atom stereocenters. The lowest BCUT2D eigenvalue weighted by molar-refractivity contribution is 0.102. The van der Waals surface area contributed by atoms with Crippen LogP contribution in [0.1, 0.15) is 32.9 Å². The van der Waals surface area contributed by atoms with Crippen LogP contribution in [0.5, 0.6) is 0 Å². The van der Waals surface area contributed by atoms with Crippen molar-refractivity contribution in [3.05, 3.63) is 82.4 Å². The SMILES string of the molecule is Cc1ccc(Cn2nc(C)c(NC(=O)c3cccc(F)c3)c2C)cc1. The van der Waals surface area contributed by atoms with Crippen LogP contribution in [0.15, 0.2) is 48.5 Å². The third-order valence-electron chi connectivity index (χ3n) is 4.16. The Bertz CT molecular complexity index is 913. The number of aryl methyl sites for hydroxylation is 2. The van der Waals surface area contributed by atoms with E-state index in [-0.39, 0.29) is 11.5 Å². The minimum atomic E-state index is -0.434. The Morgan fingerprint density at radius 1 is 1.12 bits per heavy atom. The van der Waals surface area contributed by atoms with Crippen molar-refractivity contribution in [2.24, 2.45) is 0 Å². The molecule has 4 nitrogen and oxygen atoms in total. The zero-order valence-corrected chi connectivity index (χ0v) is 14.5. The Balaban J connectivity index is 1.82. The van der Waals surface area contributed by atoms with Crippen LogP contribution in [0, 0.1) is 26.6 Å². The quantitative estimate of drug-likeness (QED) is 0.774. The van der Waals surface area contributed by atoms with E-state index in [1.165, 1.54) is 23.8 Å². The van der Waals surface area contributed by atoms with Gasteiger partial charge in [0.1, 0.15) is 5.82 Å². The van der Waals surface area contributed by atoms with Crippen LogP contribution in [-0.2, 0) is 6.54 Å². The highest BCUT2D eigenvalue weighted by Gasteiger charge is 2.15. The molecular formula is C20H20FN3O. The summed E-state index contributed by atoms with van der Waals surface area (Å²) in [6.07, 6.45) is 0. The smallest absolute Gasteiger partial charge is 0.255 e. The molecule has 1 heterocycles. The first-order valence-electron chi connectivity index (χ1n) is 8.10. The van der Waals surface area contributed by atoms with E-state index in [0.29, 0.717) is 12.2 Å². The monoisotopic (exact) mass is 337 g/mol. The summed E-state index contributed by atoms with van der Waals surface area (Å²) in [6, 6.07) is 13.9. The number of anilines is 1. The predicted octanol–water partition coefficient (Wildman–Crippen LogP) is 4.25. The second kappa shape index (κ2) is 6.89. The molecule has 0 saturated carbocycles. The molecule has 0 aliphatic rings. The number of hydrogen-bond acceptors (Lipinski definition) is 2. The van der Waals surface area contributed by atoms with E-state index in [2.05, 4.69) is 34.7 Å². The first-order valence-corrected chi connectivity index (χ1v) is 8.10. The number of hydrogen-bond donors (Lipinski definition) is 1. The predicted molar refractivity (Wildman–Crippen MR) is 96.3 cm³/mol. The summed E-state index contributed by atoms with van der Waals surface area (Å²) in [7, 11) is 0. The van der Waals surface area contributed by atoms with Crippen LogP contribution in [0.2, 0.25) is 0 Å². The molecule has 1 aromatic heterocycles. The Kier molecular flexibility index (Phi) is 4.65. The van der Waals surface area contributed by atoms with Crippen molar-refractivity contribution < 1.29 is 9.18 Å². The van der Waals surface area contributed by atoms with Gasteiger partial charge in [0.25, 0.3) is 5.91 Å². The fourth-order valence-corrected chi connectivity index (χ4v) is 2.71. The van der Waals surface area contributed by atoms with Crippen LogP contribution >= 0.6 is 0 Å². The Labute approximate surface area is 146 Å². The van der Waals surface area contributed by atoms with Gasteiger partial charge in [-0.05, 0) is 44.5 Å². The van der Waals surface area contributed by atoms with Crippen LogP contribution in [-0.4, -0.2) is 15.7 Å². The van der Waals surface area contributed by atoms with Crippen LogP contribution in [0.25, 0.3) is 0 Å². The summed E-state index contributed by atoms with van der Waals surface area (Å²) in [6.45, 7) is 6.44. The maximum atomic E-state index is 13.3. The van der Waals surface area contributed by atoms with Gasteiger partial charge in [0, 0.05) is 5.56 Å². The number of rotatable bonds is 4. The Hall–Kier alpha value is -2.95. The van der Waals surface area contributed by atoms with Gasteiger partial charge in [-0.1, -0.05) is 35.9 Å². The third-order valence-corrected chi connectivity index (χ3v) is 4.16. The average molecular weight is 337 g/mol. The van der Waals surface area contributed by atoms with Crippen molar-refractivity contribution in [3.63, 3.8) is 0 Å². The fourth-order valence-electron chi connectivity index (χ4n) is 2.71. The van der Waals surface area contributed by atoms with Gasteiger partial charge < -0.3 is 5.32 Å². The van der Waals surface area contributed by atoms with Gasteiger partial charge in [0.2, 0.25) is 0 Å². The van der Waals surface area contributed by atoms with Crippen molar-refractivity contribution in [2.75, 3.05) is 5.32 Å². The van der Waals surface area contributed by atoms with Crippen LogP contribution < -0.4 is 5.32 Å². The molecule has 5 heteroatoms. The molecule has 0 atom stereocenters. The normalized spacial score (nSPS) is 10.7. The van der Waals surface area contributed by atoms with Gasteiger partial charge in [-0.3, -0.25) is 9.48 Å². The fraction of sp³-hybridized carbons (Fsp3) is 0.200. The van der Waals surface area contributed by atoms with E-state index >= 15 is 0 Å². The molecule has 2 aromatic carbocycles. The molecule has 25 heavy (non-hydrogen) atoms. The topological polar surface area (TPSA) is 46.9 Å². The van der Waals surface area contributed by atoms with E-state index in [9.17, 15) is 9.18 Å². The zero-order chi connectivity index (χ0) is 18.0. The molecule has 0 aliphatic heterocycles. The summed E-state index contributed by atoms with van der Waals surface area (Å²) in [5, 5.41) is 7.37. The molecule has 1 N–H and O–H groups in total. The lowest BCUT2D eigenvalue weighted by atomic mass is 10.1. The van der Waals surface area contributed by atoms with Gasteiger partial charge in [0.05, 0.1) is 23.6 Å². The summed E-state index contributed by atoms with van der Waals surface area (Å²) in [5.41, 5.74) is 4.89. The van der Waals surface area contributed by atoms with Crippen molar-refractivity contribution in [2.45, 2.75) is 27.3 Å². The first-order chi connectivity index (χ1) is 11.9. The molecule has 1 amide bonds. The highest BCUT2D eigenvalue weighted by Crippen LogP contribution is 2.21. The van der Waals surface area contributed by atoms with Gasteiger partial charge in [-0.25, -0.2) is 4.39 Å². The number of aromatic nitrogens is 2. The number of halogens is 1. The number of benzene rings is 2. The van der Waals surface area contributed by atoms with Crippen LogP contribution in [0.4, 0.5) is 10.1 Å². The van der Waals surface area contributed by atoms with E-state index in [1.54, 1.807) is 6.07 Å². The standard InChI is InChI=1S/C20H20FN3O/c1-13-7-9-16(10-8-13)12-24-15(3)19(14(2)23-24)22-20(25)17-5-4-6-18(21)11-17/h4-11H,12H2,1-3H3,(H,22,25). The molecule has 0 aliphatic carbocycles. The highest BCUT2D eigenvalue weighted by atomic mass is 19.1. The zero-order valence-electron chi connectivity index (χ0n) is 14.5. The van der Waals surface area contributed by atoms with E-state index < -0.39 is 5.82 Å². The maximum Gasteiger partial charge on any atom is 0.255 e. The number of nitrogens with zero attached hydrogens (tertiary/aromatic N) is 2. The van der Waals surface area contributed by atoms with Gasteiger partial charge in [-0.2, -0.15) is 5.10 Å². The second-order valence-corrected chi connectivity index (χ2v) is 6.15. The van der Waals surface area contributed by atoms with E-state index in [0.717, 1.165) is 17.0 Å². The van der Waals surface area contributed by atoms with Crippen molar-refractivity contribution in [3.8, 4) is 0 Å². The Morgan fingerprint density at radius 2 is 1.84 bits per heavy atom. The maximum absolute atomic E-state index is 13.3. The van der Waals surface area contributed by atoms with E-state index in [4.69, 9.17) is 0 Å². The minimum Gasteiger partial charge on any atom is -0.319 e. The summed E-state index contributed by atoms with van der Waals surface area (Å²) >= 11 is 0. The molecule has 3 aromatic rings. The minimum absolute atomic E-state index is 0.282.